The van der Waals surface area contributed by atoms with Crippen LogP contribution in [0.15, 0.2) is 18.2 Å². The molecule has 2 heterocycles. The SMILES string of the molecule is CCN1CCN(Cc2ccc(OC)c(OC[C@@H](O)CN3CCCCC3)c2)CC1. The van der Waals surface area contributed by atoms with Crippen LogP contribution in [0.3, 0.4) is 0 Å². The highest BCUT2D eigenvalue weighted by Gasteiger charge is 2.18. The first kappa shape index (κ1) is 21.4. The highest BCUT2D eigenvalue weighted by Crippen LogP contribution is 2.29. The summed E-state index contributed by atoms with van der Waals surface area (Å²) in [7, 11) is 1.66. The molecule has 3 rings (SSSR count). The lowest BCUT2D eigenvalue weighted by Gasteiger charge is -2.34. The number of piperidine rings is 1. The number of β-amino-alcohol motifs (C(OH)–C–C–N with tert-alkyl or cyclic N) is 1. The molecule has 1 N–H and O–H groups in total. The van der Waals surface area contributed by atoms with E-state index in [-0.39, 0.29) is 0 Å². The summed E-state index contributed by atoms with van der Waals surface area (Å²) in [5.41, 5.74) is 1.23. The Bertz CT molecular complexity index is 584. The molecule has 2 aliphatic rings. The second-order valence-corrected chi connectivity index (χ2v) is 8.02. The lowest BCUT2D eigenvalue weighted by molar-refractivity contribution is 0.0607. The number of aliphatic hydroxyl groups is 1. The van der Waals surface area contributed by atoms with Crippen molar-refractivity contribution in [1.29, 1.82) is 0 Å². The van der Waals surface area contributed by atoms with Crippen LogP contribution in [0.25, 0.3) is 0 Å². The third kappa shape index (κ3) is 6.34. The van der Waals surface area contributed by atoms with Crippen LogP contribution in [0.4, 0.5) is 0 Å². The third-order valence-electron chi connectivity index (χ3n) is 5.90. The average Bonchev–Trinajstić information content (AvgIpc) is 2.73. The Labute approximate surface area is 170 Å². The summed E-state index contributed by atoms with van der Waals surface area (Å²) in [5, 5.41) is 10.4. The smallest absolute Gasteiger partial charge is 0.161 e. The van der Waals surface area contributed by atoms with E-state index in [1.165, 1.54) is 24.8 Å². The highest BCUT2D eigenvalue weighted by molar-refractivity contribution is 5.43. The quantitative estimate of drug-likeness (QED) is 0.695. The van der Waals surface area contributed by atoms with Crippen LogP contribution in [0.1, 0.15) is 31.7 Å². The van der Waals surface area contributed by atoms with Crippen molar-refractivity contribution in [2.75, 3.05) is 66.1 Å². The number of benzene rings is 1. The Morgan fingerprint density at radius 2 is 1.64 bits per heavy atom. The number of aliphatic hydroxyl groups excluding tert-OH is 1. The molecule has 2 fully saturated rings. The molecular weight excluding hydrogens is 354 g/mol. The van der Waals surface area contributed by atoms with Gasteiger partial charge in [-0.3, -0.25) is 4.90 Å². The van der Waals surface area contributed by atoms with Crippen molar-refractivity contribution in [3.63, 3.8) is 0 Å². The molecule has 1 atom stereocenters. The summed E-state index contributed by atoms with van der Waals surface area (Å²) in [5.74, 6) is 1.45. The minimum atomic E-state index is -0.478. The third-order valence-corrected chi connectivity index (χ3v) is 5.90. The molecule has 0 aromatic heterocycles. The van der Waals surface area contributed by atoms with E-state index < -0.39 is 6.10 Å². The summed E-state index contributed by atoms with van der Waals surface area (Å²) < 4.78 is 11.4. The first-order valence-corrected chi connectivity index (χ1v) is 10.8. The standard InChI is InChI=1S/C22H37N3O3/c1-3-23-11-13-25(14-12-23)16-19-7-8-21(27-2)22(15-19)28-18-20(26)17-24-9-5-4-6-10-24/h7-8,15,20,26H,3-6,9-14,16-18H2,1-2H3/t20-/m0/s1. The van der Waals surface area contributed by atoms with Crippen LogP contribution < -0.4 is 9.47 Å². The van der Waals surface area contributed by atoms with Crippen molar-refractivity contribution < 1.29 is 14.6 Å². The molecule has 0 spiro atoms. The lowest BCUT2D eigenvalue weighted by atomic mass is 10.1. The zero-order chi connectivity index (χ0) is 19.8. The van der Waals surface area contributed by atoms with Gasteiger partial charge in [0.2, 0.25) is 0 Å². The summed E-state index contributed by atoms with van der Waals surface area (Å²) >= 11 is 0. The zero-order valence-corrected chi connectivity index (χ0v) is 17.6. The second kappa shape index (κ2) is 11.0. The topological polar surface area (TPSA) is 48.4 Å². The first-order chi connectivity index (χ1) is 13.7. The van der Waals surface area contributed by atoms with E-state index in [1.807, 2.05) is 6.07 Å². The summed E-state index contributed by atoms with van der Waals surface area (Å²) in [6, 6.07) is 6.16. The number of hydrogen-bond donors (Lipinski definition) is 1. The molecule has 0 unspecified atom stereocenters. The average molecular weight is 392 g/mol. The van der Waals surface area contributed by atoms with Gasteiger partial charge in [0.1, 0.15) is 12.7 Å². The normalized spacial score (nSPS) is 20.8. The summed E-state index contributed by atoms with van der Waals surface area (Å²) in [6.45, 7) is 11.9. The fourth-order valence-corrected chi connectivity index (χ4v) is 4.13. The number of piperazine rings is 1. The molecule has 6 heteroatoms. The van der Waals surface area contributed by atoms with Gasteiger partial charge < -0.3 is 24.4 Å². The van der Waals surface area contributed by atoms with Gasteiger partial charge in [-0.05, 0) is 50.2 Å². The molecule has 0 bridgehead atoms. The Morgan fingerprint density at radius 1 is 0.929 bits per heavy atom. The number of ether oxygens (including phenoxy) is 2. The summed E-state index contributed by atoms with van der Waals surface area (Å²) in [4.78, 5) is 7.31. The number of likely N-dealkylation sites (tertiary alicyclic amines) is 1. The van der Waals surface area contributed by atoms with Crippen molar-refractivity contribution in [1.82, 2.24) is 14.7 Å². The van der Waals surface area contributed by atoms with Crippen molar-refractivity contribution in [3.8, 4) is 11.5 Å². The van der Waals surface area contributed by atoms with Crippen LogP contribution in [0.5, 0.6) is 11.5 Å². The molecule has 28 heavy (non-hydrogen) atoms. The number of rotatable bonds is 9. The number of likely N-dealkylation sites (N-methyl/N-ethyl adjacent to an activating group) is 1. The van der Waals surface area contributed by atoms with Gasteiger partial charge in [-0.1, -0.05) is 19.4 Å². The van der Waals surface area contributed by atoms with Gasteiger partial charge in [0.25, 0.3) is 0 Å². The maximum Gasteiger partial charge on any atom is 0.161 e. The maximum atomic E-state index is 10.4. The molecular formula is C22H37N3O3. The van der Waals surface area contributed by atoms with E-state index in [9.17, 15) is 5.11 Å². The minimum Gasteiger partial charge on any atom is -0.493 e. The Balaban J connectivity index is 1.52. The molecule has 0 radical (unpaired) electrons. The number of methoxy groups -OCH3 is 1. The van der Waals surface area contributed by atoms with E-state index in [1.54, 1.807) is 7.11 Å². The van der Waals surface area contributed by atoms with Gasteiger partial charge in [0.05, 0.1) is 7.11 Å². The molecule has 0 amide bonds. The van der Waals surface area contributed by atoms with Crippen LogP contribution in [0.2, 0.25) is 0 Å². The Hall–Kier alpha value is -1.34. The monoisotopic (exact) mass is 391 g/mol. The van der Waals surface area contributed by atoms with Crippen molar-refractivity contribution in [2.24, 2.45) is 0 Å². The van der Waals surface area contributed by atoms with Crippen LogP contribution >= 0.6 is 0 Å². The van der Waals surface area contributed by atoms with Gasteiger partial charge in [-0.25, -0.2) is 0 Å². The number of nitrogens with zero attached hydrogens (tertiary/aromatic N) is 3. The maximum absolute atomic E-state index is 10.4. The van der Waals surface area contributed by atoms with Crippen molar-refractivity contribution in [3.05, 3.63) is 23.8 Å². The van der Waals surface area contributed by atoms with E-state index >= 15 is 0 Å². The van der Waals surface area contributed by atoms with Gasteiger partial charge in [-0.15, -0.1) is 0 Å². The van der Waals surface area contributed by atoms with E-state index in [4.69, 9.17) is 9.47 Å². The van der Waals surface area contributed by atoms with Crippen LogP contribution in [-0.2, 0) is 6.54 Å². The second-order valence-electron chi connectivity index (χ2n) is 8.02. The minimum absolute atomic E-state index is 0.297. The lowest BCUT2D eigenvalue weighted by Crippen LogP contribution is -2.45. The molecule has 2 saturated heterocycles. The van der Waals surface area contributed by atoms with Gasteiger partial charge in [0.15, 0.2) is 11.5 Å². The molecule has 158 valence electrons. The Kier molecular flexibility index (Phi) is 8.40. The molecule has 1 aromatic rings. The number of hydrogen-bond acceptors (Lipinski definition) is 6. The van der Waals surface area contributed by atoms with Crippen molar-refractivity contribution in [2.45, 2.75) is 38.8 Å². The van der Waals surface area contributed by atoms with E-state index in [2.05, 4.69) is 33.8 Å². The predicted octanol–water partition coefficient (Wildman–Crippen LogP) is 2.06. The largest absolute Gasteiger partial charge is 0.493 e. The zero-order valence-electron chi connectivity index (χ0n) is 17.6. The molecule has 1 aromatic carbocycles. The van der Waals surface area contributed by atoms with Crippen LogP contribution in [-0.4, -0.2) is 92.0 Å². The van der Waals surface area contributed by atoms with Gasteiger partial charge >= 0.3 is 0 Å². The van der Waals surface area contributed by atoms with Crippen molar-refractivity contribution >= 4 is 0 Å². The van der Waals surface area contributed by atoms with E-state index in [0.29, 0.717) is 13.2 Å². The van der Waals surface area contributed by atoms with Gasteiger partial charge in [0, 0.05) is 39.3 Å². The Morgan fingerprint density at radius 3 is 2.32 bits per heavy atom. The van der Waals surface area contributed by atoms with Gasteiger partial charge in [-0.2, -0.15) is 0 Å². The molecule has 0 saturated carbocycles. The predicted molar refractivity (Wildman–Crippen MR) is 112 cm³/mol. The van der Waals surface area contributed by atoms with E-state index in [0.717, 1.165) is 63.9 Å². The highest BCUT2D eigenvalue weighted by atomic mass is 16.5. The fraction of sp³-hybridized carbons (Fsp3) is 0.727. The molecule has 6 nitrogen and oxygen atoms in total. The first-order valence-electron chi connectivity index (χ1n) is 10.8. The molecule has 0 aliphatic carbocycles. The van der Waals surface area contributed by atoms with Crippen LogP contribution in [0, 0.1) is 0 Å². The molecule has 2 aliphatic heterocycles. The fourth-order valence-electron chi connectivity index (χ4n) is 4.13. The summed E-state index contributed by atoms with van der Waals surface area (Å²) in [6.07, 6.45) is 3.29.